The molecule has 2 aromatic carbocycles. The highest BCUT2D eigenvalue weighted by Crippen LogP contribution is 2.54. The summed E-state index contributed by atoms with van der Waals surface area (Å²) in [5.41, 5.74) is -6.05. The van der Waals surface area contributed by atoms with Crippen molar-refractivity contribution in [3.05, 3.63) is 101 Å². The first kappa shape index (κ1) is 29.8. The molecule has 2 fully saturated rings. The van der Waals surface area contributed by atoms with Gasteiger partial charge in [-0.3, -0.25) is 4.98 Å². The molecule has 1 unspecified atom stereocenters. The van der Waals surface area contributed by atoms with Crippen LogP contribution in [0.15, 0.2) is 73.1 Å². The quantitative estimate of drug-likeness (QED) is 0.293. The second-order valence-electron chi connectivity index (χ2n) is 11.1. The first-order valence-corrected chi connectivity index (χ1v) is 13.3. The number of alkyl halides is 7. The molecule has 42 heavy (non-hydrogen) atoms. The zero-order chi connectivity index (χ0) is 30.5. The molecule has 0 aliphatic carbocycles. The van der Waals surface area contributed by atoms with E-state index in [0.717, 1.165) is 24.1 Å². The Kier molecular flexibility index (Phi) is 7.47. The second kappa shape index (κ2) is 10.5. The van der Waals surface area contributed by atoms with E-state index in [1.54, 1.807) is 41.2 Å². The lowest BCUT2D eigenvalue weighted by Gasteiger charge is -2.33. The average molecular weight is 598 g/mol. The van der Waals surface area contributed by atoms with Crippen LogP contribution in [-0.4, -0.2) is 59.3 Å². The van der Waals surface area contributed by atoms with Crippen LogP contribution in [-0.2, 0) is 11.1 Å². The van der Waals surface area contributed by atoms with Gasteiger partial charge in [0.15, 0.2) is 0 Å². The number of benzene rings is 2. The van der Waals surface area contributed by atoms with E-state index in [1.807, 2.05) is 12.1 Å². The number of urea groups is 1. The second-order valence-corrected chi connectivity index (χ2v) is 11.1. The Morgan fingerprint density at radius 1 is 0.857 bits per heavy atom. The van der Waals surface area contributed by atoms with Gasteiger partial charge in [0.05, 0.1) is 0 Å². The average Bonchev–Trinajstić information content (AvgIpc) is 3.58. The third-order valence-corrected chi connectivity index (χ3v) is 8.57. The van der Waals surface area contributed by atoms with Crippen LogP contribution in [0.1, 0.15) is 47.4 Å². The monoisotopic (exact) mass is 597 g/mol. The molecule has 0 saturated carbocycles. The molecule has 2 aliphatic rings. The molecular formula is C30H27F8N3O. The number of carbonyl (C=O) groups is 1. The van der Waals surface area contributed by atoms with Crippen LogP contribution in [0, 0.1) is 5.82 Å². The Labute approximate surface area is 237 Å². The van der Waals surface area contributed by atoms with Gasteiger partial charge in [0, 0.05) is 61.4 Å². The first-order chi connectivity index (χ1) is 19.6. The van der Waals surface area contributed by atoms with Gasteiger partial charge in [0.1, 0.15) is 5.82 Å². The molecule has 2 amide bonds. The molecule has 2 saturated heterocycles. The Balaban J connectivity index is 1.45. The molecule has 3 atom stereocenters. The van der Waals surface area contributed by atoms with Crippen molar-refractivity contribution in [2.24, 2.45) is 0 Å². The predicted octanol–water partition coefficient (Wildman–Crippen LogP) is 7.48. The fourth-order valence-electron chi connectivity index (χ4n) is 6.19. The number of amides is 2. The Morgan fingerprint density at radius 2 is 1.50 bits per heavy atom. The summed E-state index contributed by atoms with van der Waals surface area (Å²) in [6, 6.07) is 12.1. The number of carbonyl (C=O) groups excluding carboxylic acids is 1. The minimum absolute atomic E-state index is 0.0967. The van der Waals surface area contributed by atoms with Crippen LogP contribution < -0.4 is 0 Å². The van der Waals surface area contributed by atoms with Crippen molar-refractivity contribution in [1.82, 2.24) is 14.8 Å². The zero-order valence-electron chi connectivity index (χ0n) is 22.4. The standard InChI is InChI=1S/C30H27F8N3O/c1-27(22-8-10-24(31)11-9-22)18-41(26(42)40-14-12-21(16-40)20-3-2-13-39-15-20)17-25(27)19-4-6-23(7-5-19)28(32,29(33,34)35)30(36,37)38/h2-11,13,15,21,25H,12,14,16-18H2,1H3/t21?,25-,27+/m0/s1. The molecular weight excluding hydrogens is 570 g/mol. The highest BCUT2D eigenvalue weighted by atomic mass is 19.4. The molecule has 3 aromatic rings. The van der Waals surface area contributed by atoms with E-state index in [2.05, 4.69) is 4.98 Å². The number of halogens is 8. The summed E-state index contributed by atoms with van der Waals surface area (Å²) >= 11 is 0. The van der Waals surface area contributed by atoms with Crippen molar-refractivity contribution in [3.8, 4) is 0 Å². The number of aromatic nitrogens is 1. The number of hydrogen-bond donors (Lipinski definition) is 0. The maximum atomic E-state index is 14.6. The van der Waals surface area contributed by atoms with Crippen molar-refractivity contribution in [1.29, 1.82) is 0 Å². The van der Waals surface area contributed by atoms with Gasteiger partial charge < -0.3 is 9.80 Å². The van der Waals surface area contributed by atoms with Crippen LogP contribution in [0.4, 0.5) is 39.9 Å². The highest BCUT2D eigenvalue weighted by Gasteiger charge is 2.73. The lowest BCUT2D eigenvalue weighted by Crippen LogP contribution is -2.50. The van der Waals surface area contributed by atoms with E-state index in [4.69, 9.17) is 0 Å². The molecule has 0 spiro atoms. The number of nitrogens with zero attached hydrogens (tertiary/aromatic N) is 3. The van der Waals surface area contributed by atoms with E-state index < -0.39 is 40.7 Å². The third-order valence-electron chi connectivity index (χ3n) is 8.57. The minimum atomic E-state index is -6.23. The summed E-state index contributed by atoms with van der Waals surface area (Å²) < 4.78 is 108. The van der Waals surface area contributed by atoms with Crippen molar-refractivity contribution in [3.63, 3.8) is 0 Å². The molecule has 0 radical (unpaired) electrons. The lowest BCUT2D eigenvalue weighted by atomic mass is 9.71. The van der Waals surface area contributed by atoms with Gasteiger partial charge in [-0.05, 0) is 41.3 Å². The minimum Gasteiger partial charge on any atom is -0.324 e. The van der Waals surface area contributed by atoms with Crippen LogP contribution in [0.2, 0.25) is 0 Å². The third kappa shape index (κ3) is 5.09. The zero-order valence-corrected chi connectivity index (χ0v) is 22.4. The van der Waals surface area contributed by atoms with Gasteiger partial charge in [-0.25, -0.2) is 13.6 Å². The first-order valence-electron chi connectivity index (χ1n) is 13.3. The molecule has 1 aromatic heterocycles. The van der Waals surface area contributed by atoms with Crippen LogP contribution in [0.25, 0.3) is 0 Å². The van der Waals surface area contributed by atoms with Crippen LogP contribution in [0.5, 0.6) is 0 Å². The molecule has 2 aliphatic heterocycles. The molecule has 4 nitrogen and oxygen atoms in total. The molecule has 224 valence electrons. The van der Waals surface area contributed by atoms with Gasteiger partial charge in [-0.2, -0.15) is 26.3 Å². The fourth-order valence-corrected chi connectivity index (χ4v) is 6.19. The number of rotatable bonds is 4. The summed E-state index contributed by atoms with van der Waals surface area (Å²) in [6.45, 7) is 3.02. The maximum Gasteiger partial charge on any atom is 0.435 e. The molecule has 0 bridgehead atoms. The number of hydrogen-bond acceptors (Lipinski definition) is 2. The summed E-state index contributed by atoms with van der Waals surface area (Å²) in [7, 11) is 0. The van der Waals surface area contributed by atoms with E-state index in [0.29, 0.717) is 36.3 Å². The van der Waals surface area contributed by atoms with Gasteiger partial charge in [-0.15, -0.1) is 0 Å². The Bertz CT molecular complexity index is 1400. The molecule has 0 N–H and O–H groups in total. The molecule has 5 rings (SSSR count). The fraction of sp³-hybridized carbons (Fsp3) is 0.400. The normalized spacial score (nSPS) is 23.5. The topological polar surface area (TPSA) is 36.4 Å². The predicted molar refractivity (Wildman–Crippen MR) is 138 cm³/mol. The van der Waals surface area contributed by atoms with E-state index >= 15 is 0 Å². The van der Waals surface area contributed by atoms with Gasteiger partial charge >= 0.3 is 24.1 Å². The van der Waals surface area contributed by atoms with Gasteiger partial charge in [0.2, 0.25) is 0 Å². The summed E-state index contributed by atoms with van der Waals surface area (Å²) in [6.07, 6.45) is -8.31. The highest BCUT2D eigenvalue weighted by molar-refractivity contribution is 5.76. The summed E-state index contributed by atoms with van der Waals surface area (Å²) in [4.78, 5) is 21.1. The van der Waals surface area contributed by atoms with Crippen LogP contribution in [0.3, 0.4) is 0 Å². The number of pyridine rings is 1. The van der Waals surface area contributed by atoms with Gasteiger partial charge in [0.25, 0.3) is 0 Å². The van der Waals surface area contributed by atoms with Crippen molar-refractivity contribution < 1.29 is 39.9 Å². The van der Waals surface area contributed by atoms with Crippen molar-refractivity contribution in [2.45, 2.75) is 48.6 Å². The summed E-state index contributed by atoms with van der Waals surface area (Å²) in [5.74, 6) is -0.991. The SMILES string of the molecule is C[C@]1(c2ccc(F)cc2)CN(C(=O)N2CCC(c3cccnc3)C2)C[C@H]1c1ccc(C(F)(C(F)(F)F)C(F)(F)F)cc1. The largest absolute Gasteiger partial charge is 0.435 e. The van der Waals surface area contributed by atoms with Crippen LogP contribution >= 0.6 is 0 Å². The summed E-state index contributed by atoms with van der Waals surface area (Å²) in [5, 5.41) is 0. The molecule has 12 heteroatoms. The Hall–Kier alpha value is -3.70. The van der Waals surface area contributed by atoms with Crippen molar-refractivity contribution in [2.75, 3.05) is 26.2 Å². The van der Waals surface area contributed by atoms with E-state index in [-0.39, 0.29) is 25.0 Å². The Morgan fingerprint density at radius 3 is 2.07 bits per heavy atom. The van der Waals surface area contributed by atoms with E-state index in [9.17, 15) is 39.9 Å². The smallest absolute Gasteiger partial charge is 0.324 e. The maximum absolute atomic E-state index is 14.6. The number of likely N-dealkylation sites (tertiary alicyclic amines) is 2. The molecule has 3 heterocycles. The lowest BCUT2D eigenvalue weighted by molar-refractivity contribution is -0.348. The van der Waals surface area contributed by atoms with Crippen molar-refractivity contribution >= 4 is 6.03 Å². The van der Waals surface area contributed by atoms with Gasteiger partial charge in [-0.1, -0.05) is 49.4 Å². The van der Waals surface area contributed by atoms with E-state index in [1.165, 1.54) is 12.1 Å².